The highest BCUT2D eigenvalue weighted by Gasteiger charge is 2.18. The first-order valence-electron chi connectivity index (χ1n) is 7.13. The fourth-order valence-corrected chi connectivity index (χ4v) is 2.88. The lowest BCUT2D eigenvalue weighted by Gasteiger charge is -2.22. The molecule has 0 aliphatic carbocycles. The van der Waals surface area contributed by atoms with E-state index in [1.54, 1.807) is 6.20 Å². The molecule has 1 aromatic carbocycles. The van der Waals surface area contributed by atoms with Crippen molar-refractivity contribution in [2.24, 2.45) is 5.41 Å². The molecule has 0 saturated heterocycles. The monoisotopic (exact) mass is 304 g/mol. The Labute approximate surface area is 130 Å². The predicted molar refractivity (Wildman–Crippen MR) is 87.8 cm³/mol. The molecule has 3 nitrogen and oxygen atoms in total. The number of amides is 1. The molecule has 0 radical (unpaired) electrons. The first-order valence-corrected chi connectivity index (χ1v) is 7.56. The smallest absolute Gasteiger partial charge is 0.252 e. The number of halogens is 1. The molecule has 1 N–H and O–H groups in total. The summed E-state index contributed by atoms with van der Waals surface area (Å²) >= 11 is 6.29. The lowest BCUT2D eigenvalue weighted by molar-refractivity contribution is 0.0953. The quantitative estimate of drug-likeness (QED) is 0.867. The van der Waals surface area contributed by atoms with Crippen molar-refractivity contribution in [3.8, 4) is 0 Å². The molecule has 0 saturated carbocycles. The van der Waals surface area contributed by atoms with Crippen LogP contribution in [0, 0.1) is 5.41 Å². The number of nitrogens with zero attached hydrogens (tertiary/aromatic N) is 1. The average molecular weight is 305 g/mol. The Bertz CT molecular complexity index is 629. The number of aromatic nitrogens is 1. The van der Waals surface area contributed by atoms with Gasteiger partial charge in [0.05, 0.1) is 10.9 Å². The second kappa shape index (κ2) is 6.44. The topological polar surface area (TPSA) is 42.0 Å². The molecule has 0 fully saturated rings. The van der Waals surface area contributed by atoms with Crippen LogP contribution in [0.1, 0.15) is 37.6 Å². The van der Waals surface area contributed by atoms with E-state index in [-0.39, 0.29) is 16.7 Å². The van der Waals surface area contributed by atoms with Gasteiger partial charge >= 0.3 is 0 Å². The van der Waals surface area contributed by atoms with Crippen LogP contribution >= 0.6 is 11.6 Å². The van der Waals surface area contributed by atoms with Crippen LogP contribution in [-0.4, -0.2) is 22.8 Å². The lowest BCUT2D eigenvalue weighted by Crippen LogP contribution is -2.31. The summed E-state index contributed by atoms with van der Waals surface area (Å²) in [7, 11) is 0. The van der Waals surface area contributed by atoms with Gasteiger partial charge in [0, 0.05) is 23.7 Å². The summed E-state index contributed by atoms with van der Waals surface area (Å²) in [4.78, 5) is 16.6. The number of fused-ring (bicyclic) bond motifs is 1. The molecule has 0 spiro atoms. The van der Waals surface area contributed by atoms with Gasteiger partial charge in [-0.05, 0) is 30.0 Å². The number of rotatable bonds is 4. The molecular formula is C17H21ClN2O. The van der Waals surface area contributed by atoms with Gasteiger partial charge in [-0.25, -0.2) is 0 Å². The van der Waals surface area contributed by atoms with Crippen LogP contribution in [-0.2, 0) is 0 Å². The van der Waals surface area contributed by atoms with E-state index in [1.165, 1.54) is 0 Å². The van der Waals surface area contributed by atoms with Crippen molar-refractivity contribution in [3.05, 3.63) is 42.1 Å². The zero-order valence-corrected chi connectivity index (χ0v) is 13.4. The summed E-state index contributed by atoms with van der Waals surface area (Å²) in [6.45, 7) is 6.88. The van der Waals surface area contributed by atoms with E-state index >= 15 is 0 Å². The largest absolute Gasteiger partial charge is 0.351 e. The molecule has 2 aromatic rings. The predicted octanol–water partition coefficient (Wildman–Crippen LogP) is 4.01. The molecule has 21 heavy (non-hydrogen) atoms. The first kappa shape index (κ1) is 15.8. The first-order chi connectivity index (χ1) is 9.87. The highest BCUT2D eigenvalue weighted by molar-refractivity contribution is 6.21. The van der Waals surface area contributed by atoms with Gasteiger partial charge < -0.3 is 5.32 Å². The Hall–Kier alpha value is -1.61. The van der Waals surface area contributed by atoms with Crippen LogP contribution in [0.15, 0.2) is 36.5 Å². The third kappa shape index (κ3) is 4.43. The van der Waals surface area contributed by atoms with Gasteiger partial charge in [0.2, 0.25) is 0 Å². The number of pyridine rings is 1. The summed E-state index contributed by atoms with van der Waals surface area (Å²) in [5.41, 5.74) is 1.61. The van der Waals surface area contributed by atoms with Crippen molar-refractivity contribution in [3.63, 3.8) is 0 Å². The van der Waals surface area contributed by atoms with Gasteiger partial charge in [-0.1, -0.05) is 32.9 Å². The Morgan fingerprint density at radius 1 is 1.29 bits per heavy atom. The summed E-state index contributed by atoms with van der Waals surface area (Å²) in [5.74, 6) is -0.104. The minimum absolute atomic E-state index is 0.0675. The van der Waals surface area contributed by atoms with Crippen LogP contribution in [0.25, 0.3) is 10.9 Å². The molecule has 112 valence electrons. The Morgan fingerprint density at radius 2 is 2.05 bits per heavy atom. The van der Waals surface area contributed by atoms with Gasteiger partial charge in [0.1, 0.15) is 0 Å². The Kier molecular flexibility index (Phi) is 4.84. The van der Waals surface area contributed by atoms with Crippen LogP contribution in [0.4, 0.5) is 0 Å². The van der Waals surface area contributed by atoms with E-state index < -0.39 is 0 Å². The zero-order chi connectivity index (χ0) is 15.5. The minimum Gasteiger partial charge on any atom is -0.351 e. The number of hydrogen-bond acceptors (Lipinski definition) is 2. The zero-order valence-electron chi connectivity index (χ0n) is 12.7. The minimum atomic E-state index is -0.104. The molecule has 0 aliphatic heterocycles. The van der Waals surface area contributed by atoms with Crippen molar-refractivity contribution < 1.29 is 4.79 Å². The summed E-state index contributed by atoms with van der Waals surface area (Å²) in [5, 5.41) is 3.71. The lowest BCUT2D eigenvalue weighted by atomic mass is 9.90. The summed E-state index contributed by atoms with van der Waals surface area (Å²) in [6.07, 6.45) is 2.58. The third-order valence-corrected chi connectivity index (χ3v) is 3.52. The highest BCUT2D eigenvalue weighted by atomic mass is 35.5. The van der Waals surface area contributed by atoms with Crippen molar-refractivity contribution in [2.75, 3.05) is 6.54 Å². The molecule has 2 rings (SSSR count). The average Bonchev–Trinajstić information content (AvgIpc) is 2.42. The van der Waals surface area contributed by atoms with Crippen molar-refractivity contribution in [1.82, 2.24) is 10.3 Å². The van der Waals surface area contributed by atoms with E-state index in [0.29, 0.717) is 12.1 Å². The van der Waals surface area contributed by atoms with Gasteiger partial charge in [-0.3, -0.25) is 9.78 Å². The van der Waals surface area contributed by atoms with Gasteiger partial charge in [0.15, 0.2) is 0 Å². The van der Waals surface area contributed by atoms with Gasteiger partial charge in [-0.2, -0.15) is 0 Å². The second-order valence-corrected chi connectivity index (χ2v) is 7.06. The van der Waals surface area contributed by atoms with Crippen LogP contribution < -0.4 is 5.32 Å². The molecule has 1 aromatic heterocycles. The fourth-order valence-electron chi connectivity index (χ4n) is 2.34. The van der Waals surface area contributed by atoms with E-state index in [0.717, 1.165) is 17.3 Å². The number of benzene rings is 1. The fraction of sp³-hybridized carbons (Fsp3) is 0.412. The van der Waals surface area contributed by atoms with Gasteiger partial charge in [-0.15, -0.1) is 11.6 Å². The van der Waals surface area contributed by atoms with Crippen LogP contribution in [0.3, 0.4) is 0 Å². The SMILES string of the molecule is CC(C)(C)CC(Cl)CNC(=O)c1cccc2ncccc12. The third-order valence-electron chi connectivity index (χ3n) is 3.21. The highest BCUT2D eigenvalue weighted by Crippen LogP contribution is 2.23. The maximum absolute atomic E-state index is 12.3. The van der Waals surface area contributed by atoms with Crippen molar-refractivity contribution in [2.45, 2.75) is 32.6 Å². The number of carbonyl (C=O) groups is 1. The number of alkyl halides is 1. The van der Waals surface area contributed by atoms with E-state index in [1.807, 2.05) is 30.3 Å². The molecule has 1 heterocycles. The molecule has 1 unspecified atom stereocenters. The Balaban J connectivity index is 2.06. The molecule has 0 aliphatic rings. The molecule has 1 atom stereocenters. The van der Waals surface area contributed by atoms with E-state index in [4.69, 9.17) is 11.6 Å². The molecule has 0 bridgehead atoms. The van der Waals surface area contributed by atoms with Crippen LogP contribution in [0.2, 0.25) is 0 Å². The Morgan fingerprint density at radius 3 is 2.76 bits per heavy atom. The number of carbonyl (C=O) groups excluding carboxylic acids is 1. The molecule has 1 amide bonds. The number of nitrogens with one attached hydrogen (secondary N) is 1. The van der Waals surface area contributed by atoms with Crippen molar-refractivity contribution in [1.29, 1.82) is 0 Å². The normalized spacial score (nSPS) is 13.1. The standard InChI is InChI=1S/C17H21ClN2O/c1-17(2,3)10-12(18)11-20-16(21)14-6-4-8-15-13(14)7-5-9-19-15/h4-9,12H,10-11H2,1-3H3,(H,20,21). The van der Waals surface area contributed by atoms with E-state index in [9.17, 15) is 4.79 Å². The molecular weight excluding hydrogens is 284 g/mol. The second-order valence-electron chi connectivity index (χ2n) is 6.45. The van der Waals surface area contributed by atoms with Crippen LogP contribution in [0.5, 0.6) is 0 Å². The van der Waals surface area contributed by atoms with E-state index in [2.05, 4.69) is 31.1 Å². The van der Waals surface area contributed by atoms with Gasteiger partial charge in [0.25, 0.3) is 5.91 Å². The maximum Gasteiger partial charge on any atom is 0.252 e. The maximum atomic E-state index is 12.3. The summed E-state index contributed by atoms with van der Waals surface area (Å²) in [6, 6.07) is 9.30. The summed E-state index contributed by atoms with van der Waals surface area (Å²) < 4.78 is 0. The molecule has 4 heteroatoms. The number of hydrogen-bond donors (Lipinski definition) is 1. The van der Waals surface area contributed by atoms with Crippen molar-refractivity contribution >= 4 is 28.4 Å².